The molecule has 2 aromatic rings. The lowest BCUT2D eigenvalue weighted by molar-refractivity contribution is -0.0128. The van der Waals surface area contributed by atoms with E-state index in [1.165, 1.54) is 12.1 Å². The van der Waals surface area contributed by atoms with Crippen molar-refractivity contribution in [1.29, 1.82) is 0 Å². The van der Waals surface area contributed by atoms with E-state index in [-0.39, 0.29) is 31.1 Å². The van der Waals surface area contributed by atoms with Crippen molar-refractivity contribution in [1.82, 2.24) is 0 Å². The van der Waals surface area contributed by atoms with E-state index in [4.69, 9.17) is 9.47 Å². The second-order valence-electron chi connectivity index (χ2n) is 5.06. The van der Waals surface area contributed by atoms with Gasteiger partial charge < -0.3 is 9.47 Å². The number of hydrogen-bond donors (Lipinski definition) is 1. The summed E-state index contributed by atoms with van der Waals surface area (Å²) in [6, 6.07) is 11.8. The Bertz CT molecular complexity index is 619. The average Bonchev–Trinajstić information content (AvgIpc) is 2.44. The highest BCUT2D eigenvalue weighted by atomic mass is 32.1. The maximum Gasteiger partial charge on any atom is 0.134 e. The summed E-state index contributed by atoms with van der Waals surface area (Å²) in [7, 11) is 0. The minimum absolute atomic E-state index is 0.0517. The third-order valence-electron chi connectivity index (χ3n) is 3.41. The molecule has 0 aromatic heterocycles. The zero-order valence-electron chi connectivity index (χ0n) is 11.2. The first kappa shape index (κ1) is 14.4. The van der Waals surface area contributed by atoms with Gasteiger partial charge in [-0.3, -0.25) is 0 Å². The quantitative estimate of drug-likeness (QED) is 0.868. The van der Waals surface area contributed by atoms with E-state index in [2.05, 4.69) is 12.6 Å². The minimum atomic E-state index is -0.883. The van der Waals surface area contributed by atoms with Crippen LogP contribution >= 0.6 is 12.6 Å². The van der Waals surface area contributed by atoms with Crippen molar-refractivity contribution in [2.75, 3.05) is 13.2 Å². The predicted octanol–water partition coefficient (Wildman–Crippen LogP) is 3.70. The van der Waals surface area contributed by atoms with Gasteiger partial charge in [0.05, 0.1) is 18.0 Å². The molecule has 21 heavy (non-hydrogen) atoms. The monoisotopic (exact) mass is 308 g/mol. The zero-order valence-corrected chi connectivity index (χ0v) is 12.1. The van der Waals surface area contributed by atoms with Gasteiger partial charge in [-0.15, -0.1) is 0 Å². The van der Waals surface area contributed by atoms with Crippen LogP contribution in [0.1, 0.15) is 11.1 Å². The third-order valence-corrected chi connectivity index (χ3v) is 3.89. The van der Waals surface area contributed by atoms with Crippen molar-refractivity contribution in [3.63, 3.8) is 0 Å². The van der Waals surface area contributed by atoms with Crippen molar-refractivity contribution in [3.05, 3.63) is 65.2 Å². The Morgan fingerprint density at radius 1 is 1.10 bits per heavy atom. The SMILES string of the molecule is Fc1cc(OCc2ccccc2)cc(F)c1C1(S)COC1. The number of thiol groups is 1. The Morgan fingerprint density at radius 2 is 1.71 bits per heavy atom. The molecular weight excluding hydrogens is 294 g/mol. The summed E-state index contributed by atoms with van der Waals surface area (Å²) in [5, 5.41) is 0. The number of hydrogen-bond acceptors (Lipinski definition) is 3. The highest BCUT2D eigenvalue weighted by molar-refractivity contribution is 7.81. The molecule has 0 bridgehead atoms. The van der Waals surface area contributed by atoms with Crippen molar-refractivity contribution in [3.8, 4) is 5.75 Å². The molecule has 1 aliphatic heterocycles. The van der Waals surface area contributed by atoms with Crippen LogP contribution in [0.3, 0.4) is 0 Å². The molecule has 5 heteroatoms. The molecule has 1 saturated heterocycles. The van der Waals surface area contributed by atoms with Gasteiger partial charge in [0.1, 0.15) is 24.0 Å². The molecule has 2 aromatic carbocycles. The number of ether oxygens (including phenoxy) is 2. The van der Waals surface area contributed by atoms with Gasteiger partial charge in [-0.1, -0.05) is 30.3 Å². The highest BCUT2D eigenvalue weighted by Gasteiger charge is 2.41. The Labute approximate surface area is 127 Å². The average molecular weight is 308 g/mol. The summed E-state index contributed by atoms with van der Waals surface area (Å²) in [5.41, 5.74) is 0.879. The molecule has 2 nitrogen and oxygen atoms in total. The van der Waals surface area contributed by atoms with Crippen LogP contribution in [0.25, 0.3) is 0 Å². The van der Waals surface area contributed by atoms with E-state index in [9.17, 15) is 8.78 Å². The van der Waals surface area contributed by atoms with Gasteiger partial charge in [0.25, 0.3) is 0 Å². The Balaban J connectivity index is 1.79. The minimum Gasteiger partial charge on any atom is -0.489 e. The summed E-state index contributed by atoms with van der Waals surface area (Å²) in [6.07, 6.45) is 0. The lowest BCUT2D eigenvalue weighted by atomic mass is 9.95. The molecule has 0 saturated carbocycles. The molecule has 110 valence electrons. The van der Waals surface area contributed by atoms with E-state index < -0.39 is 16.4 Å². The van der Waals surface area contributed by atoms with Crippen LogP contribution in [0.2, 0.25) is 0 Å². The van der Waals surface area contributed by atoms with Crippen LogP contribution in [-0.2, 0) is 16.1 Å². The van der Waals surface area contributed by atoms with Gasteiger partial charge in [0.15, 0.2) is 0 Å². The first-order chi connectivity index (χ1) is 10.1. The lowest BCUT2D eigenvalue weighted by Crippen LogP contribution is -2.43. The van der Waals surface area contributed by atoms with Crippen molar-refractivity contribution < 1.29 is 18.3 Å². The molecular formula is C16H14F2O2S. The van der Waals surface area contributed by atoms with Gasteiger partial charge in [-0.05, 0) is 5.56 Å². The maximum absolute atomic E-state index is 14.1. The first-order valence-electron chi connectivity index (χ1n) is 6.55. The van der Waals surface area contributed by atoms with E-state index in [0.29, 0.717) is 0 Å². The van der Waals surface area contributed by atoms with Crippen molar-refractivity contribution >= 4 is 12.6 Å². The van der Waals surface area contributed by atoms with Crippen LogP contribution in [-0.4, -0.2) is 13.2 Å². The molecule has 0 spiro atoms. The number of halogens is 2. The second-order valence-corrected chi connectivity index (χ2v) is 5.92. The normalized spacial score (nSPS) is 16.3. The molecule has 0 amide bonds. The Hall–Kier alpha value is -1.59. The summed E-state index contributed by atoms with van der Waals surface area (Å²) < 4.78 is 37.8. The molecule has 3 rings (SSSR count). The fourth-order valence-corrected chi connectivity index (χ4v) is 2.65. The van der Waals surface area contributed by atoms with E-state index in [0.717, 1.165) is 5.56 Å². The highest BCUT2D eigenvalue weighted by Crippen LogP contribution is 2.40. The van der Waals surface area contributed by atoms with Crippen LogP contribution in [0, 0.1) is 11.6 Å². The summed E-state index contributed by atoms with van der Waals surface area (Å²) in [6.45, 7) is 0.663. The predicted molar refractivity (Wildman–Crippen MR) is 78.6 cm³/mol. The van der Waals surface area contributed by atoms with Crippen molar-refractivity contribution in [2.45, 2.75) is 11.4 Å². The van der Waals surface area contributed by atoms with Crippen LogP contribution in [0.15, 0.2) is 42.5 Å². The molecule has 0 radical (unpaired) electrons. The summed E-state index contributed by atoms with van der Waals surface area (Å²) >= 11 is 4.30. The van der Waals surface area contributed by atoms with Crippen molar-refractivity contribution in [2.24, 2.45) is 0 Å². The van der Waals surface area contributed by atoms with Gasteiger partial charge >= 0.3 is 0 Å². The molecule has 1 aliphatic rings. The molecule has 0 atom stereocenters. The molecule has 0 aliphatic carbocycles. The Morgan fingerprint density at radius 3 is 2.24 bits per heavy atom. The Kier molecular flexibility index (Phi) is 3.87. The zero-order chi connectivity index (χ0) is 14.9. The van der Waals surface area contributed by atoms with Crippen LogP contribution in [0.4, 0.5) is 8.78 Å². The molecule has 1 heterocycles. The van der Waals surface area contributed by atoms with E-state index in [1.807, 2.05) is 30.3 Å². The first-order valence-corrected chi connectivity index (χ1v) is 6.99. The fourth-order valence-electron chi connectivity index (χ4n) is 2.26. The number of rotatable bonds is 4. The summed E-state index contributed by atoms with van der Waals surface area (Å²) in [4.78, 5) is 0. The topological polar surface area (TPSA) is 18.5 Å². The molecule has 1 fully saturated rings. The van der Waals surface area contributed by atoms with Crippen LogP contribution < -0.4 is 4.74 Å². The largest absolute Gasteiger partial charge is 0.489 e. The molecule has 0 unspecified atom stereocenters. The smallest absolute Gasteiger partial charge is 0.134 e. The van der Waals surface area contributed by atoms with E-state index in [1.54, 1.807) is 0 Å². The second kappa shape index (κ2) is 5.66. The maximum atomic E-state index is 14.1. The van der Waals surface area contributed by atoms with Crippen LogP contribution in [0.5, 0.6) is 5.75 Å². The third kappa shape index (κ3) is 2.89. The van der Waals surface area contributed by atoms with Gasteiger partial charge in [0, 0.05) is 17.7 Å². The van der Waals surface area contributed by atoms with Gasteiger partial charge in [0.2, 0.25) is 0 Å². The summed E-state index contributed by atoms with van der Waals surface area (Å²) in [5.74, 6) is -1.15. The lowest BCUT2D eigenvalue weighted by Gasteiger charge is -2.37. The van der Waals surface area contributed by atoms with E-state index >= 15 is 0 Å². The standard InChI is InChI=1S/C16H14F2O2S/c17-13-6-12(20-8-11-4-2-1-3-5-11)7-14(18)15(13)16(21)9-19-10-16/h1-7,21H,8-10H2. The van der Waals surface area contributed by atoms with Gasteiger partial charge in [-0.25, -0.2) is 8.78 Å². The number of benzene rings is 2. The molecule has 0 N–H and O–H groups in total. The van der Waals surface area contributed by atoms with Gasteiger partial charge in [-0.2, -0.15) is 12.6 Å². The fraction of sp³-hybridized carbons (Fsp3) is 0.250.